The fourth-order valence-electron chi connectivity index (χ4n) is 6.45. The number of nitrogens with one attached hydrogen (secondary N) is 1. The molecule has 0 aromatic heterocycles. The lowest BCUT2D eigenvalue weighted by Gasteiger charge is -2.47. The van der Waals surface area contributed by atoms with E-state index in [-0.39, 0.29) is 29.2 Å². The zero-order valence-corrected chi connectivity index (χ0v) is 17.2. The van der Waals surface area contributed by atoms with Crippen LogP contribution in [0.1, 0.15) is 82.4 Å². The lowest BCUT2D eigenvalue weighted by Crippen LogP contribution is -2.42. The van der Waals surface area contributed by atoms with E-state index in [0.29, 0.717) is 30.1 Å². The molecule has 3 aliphatic carbocycles. The highest BCUT2D eigenvalue weighted by Crippen LogP contribution is 2.61. The Morgan fingerprint density at radius 3 is 2.71 bits per heavy atom. The quantitative estimate of drug-likeness (QED) is 0.732. The third kappa shape index (κ3) is 3.08. The number of aliphatic hydroxyl groups is 1. The van der Waals surface area contributed by atoms with E-state index in [4.69, 9.17) is 4.74 Å². The van der Waals surface area contributed by atoms with Gasteiger partial charge in [0.1, 0.15) is 0 Å². The number of carbonyl (C=O) groups is 1. The van der Waals surface area contributed by atoms with Gasteiger partial charge in [-0.1, -0.05) is 6.92 Å². The molecule has 28 heavy (non-hydrogen) atoms. The minimum atomic E-state index is -0.203. The van der Waals surface area contributed by atoms with Crippen molar-refractivity contribution in [2.24, 2.45) is 17.3 Å². The molecule has 1 aromatic rings. The average molecular weight is 388 g/mol. The molecule has 154 valence electrons. The van der Waals surface area contributed by atoms with Crippen molar-refractivity contribution in [2.45, 2.75) is 77.4 Å². The summed E-state index contributed by atoms with van der Waals surface area (Å²) in [6.45, 7) is 6.24. The van der Waals surface area contributed by atoms with Crippen molar-refractivity contribution in [1.82, 2.24) is 5.32 Å². The third-order valence-corrected chi connectivity index (χ3v) is 7.79. The summed E-state index contributed by atoms with van der Waals surface area (Å²) in [5.41, 5.74) is 2.26. The number of fused-ring (bicyclic) bond motifs is 5. The topological polar surface area (TPSA) is 78.8 Å². The maximum Gasteiger partial charge on any atom is 0.217 e. The first kappa shape index (κ1) is 19.6. The van der Waals surface area contributed by atoms with Crippen LogP contribution in [0, 0.1) is 17.3 Å². The highest BCUT2D eigenvalue weighted by atomic mass is 16.5. The first-order chi connectivity index (χ1) is 13.3. The Balaban J connectivity index is 1.78. The summed E-state index contributed by atoms with van der Waals surface area (Å²) in [6.07, 6.45) is 5.72. The summed E-state index contributed by atoms with van der Waals surface area (Å²) in [5, 5.41) is 24.2. The van der Waals surface area contributed by atoms with Crippen molar-refractivity contribution in [3.8, 4) is 11.5 Å². The second kappa shape index (κ2) is 7.25. The Kier molecular flexibility index (Phi) is 5.07. The van der Waals surface area contributed by atoms with Crippen molar-refractivity contribution in [1.29, 1.82) is 0 Å². The molecule has 0 saturated heterocycles. The summed E-state index contributed by atoms with van der Waals surface area (Å²) < 4.78 is 5.69. The molecule has 0 bridgehead atoms. The molecule has 6 atom stereocenters. The van der Waals surface area contributed by atoms with Crippen LogP contribution in [0.2, 0.25) is 0 Å². The Labute approximate surface area is 167 Å². The Morgan fingerprint density at radius 1 is 1.21 bits per heavy atom. The van der Waals surface area contributed by atoms with Crippen LogP contribution < -0.4 is 10.1 Å². The van der Waals surface area contributed by atoms with Crippen molar-refractivity contribution in [3.63, 3.8) is 0 Å². The molecule has 0 spiro atoms. The number of phenols is 1. The molecular formula is C23H33NO4. The van der Waals surface area contributed by atoms with Gasteiger partial charge in [-0.2, -0.15) is 0 Å². The summed E-state index contributed by atoms with van der Waals surface area (Å²) in [5.74, 6) is 2.02. The molecule has 1 aromatic carbocycles. The third-order valence-electron chi connectivity index (χ3n) is 7.79. The van der Waals surface area contributed by atoms with Crippen LogP contribution in [-0.2, 0) is 4.79 Å². The Bertz CT molecular complexity index is 763. The van der Waals surface area contributed by atoms with Gasteiger partial charge in [0.2, 0.25) is 5.91 Å². The Morgan fingerprint density at radius 2 is 2.00 bits per heavy atom. The van der Waals surface area contributed by atoms with E-state index in [1.54, 1.807) is 13.0 Å². The van der Waals surface area contributed by atoms with Crippen LogP contribution >= 0.6 is 0 Å². The predicted octanol–water partition coefficient (Wildman–Crippen LogP) is 4.03. The van der Waals surface area contributed by atoms with Gasteiger partial charge >= 0.3 is 0 Å². The van der Waals surface area contributed by atoms with E-state index in [1.807, 2.05) is 13.0 Å². The van der Waals surface area contributed by atoms with Crippen LogP contribution in [0.3, 0.4) is 0 Å². The average Bonchev–Trinajstić information content (AvgIpc) is 2.87. The van der Waals surface area contributed by atoms with Crippen LogP contribution in [0.15, 0.2) is 12.1 Å². The van der Waals surface area contributed by atoms with Crippen molar-refractivity contribution >= 4 is 5.91 Å². The fourth-order valence-corrected chi connectivity index (χ4v) is 6.45. The molecule has 1 amide bonds. The molecule has 0 heterocycles. The van der Waals surface area contributed by atoms with E-state index in [2.05, 4.69) is 12.2 Å². The zero-order chi connectivity index (χ0) is 20.1. The molecular weight excluding hydrogens is 354 g/mol. The molecule has 5 nitrogen and oxygen atoms in total. The summed E-state index contributed by atoms with van der Waals surface area (Å²) >= 11 is 0. The fraction of sp³-hybridized carbons (Fsp3) is 0.696. The minimum Gasteiger partial charge on any atom is -0.504 e. The van der Waals surface area contributed by atoms with Gasteiger partial charge in [0.25, 0.3) is 0 Å². The predicted molar refractivity (Wildman–Crippen MR) is 107 cm³/mol. The normalized spacial score (nSPS) is 36.6. The van der Waals surface area contributed by atoms with Crippen molar-refractivity contribution in [3.05, 3.63) is 23.3 Å². The smallest absolute Gasteiger partial charge is 0.217 e. The molecule has 4 rings (SSSR count). The van der Waals surface area contributed by atoms with Gasteiger partial charge in [-0.25, -0.2) is 0 Å². The van der Waals surface area contributed by atoms with E-state index in [9.17, 15) is 15.0 Å². The number of rotatable bonds is 3. The molecule has 0 aliphatic heterocycles. The molecule has 3 N–H and O–H groups in total. The molecule has 2 saturated carbocycles. The molecule has 1 unspecified atom stereocenters. The number of hydrogen-bond acceptors (Lipinski definition) is 4. The van der Waals surface area contributed by atoms with Crippen LogP contribution in [-0.4, -0.2) is 28.8 Å². The number of benzene rings is 1. The van der Waals surface area contributed by atoms with Gasteiger partial charge in [0.15, 0.2) is 11.5 Å². The molecule has 5 heteroatoms. The van der Waals surface area contributed by atoms with Gasteiger partial charge < -0.3 is 20.3 Å². The first-order valence-corrected chi connectivity index (χ1v) is 10.8. The van der Waals surface area contributed by atoms with Gasteiger partial charge in [0, 0.05) is 6.92 Å². The maximum atomic E-state index is 11.8. The lowest BCUT2D eigenvalue weighted by molar-refractivity contribution is -0.119. The van der Waals surface area contributed by atoms with Crippen LogP contribution in [0.4, 0.5) is 0 Å². The van der Waals surface area contributed by atoms with Gasteiger partial charge in [-0.05, 0) is 91.9 Å². The van der Waals surface area contributed by atoms with E-state index in [1.165, 1.54) is 5.56 Å². The van der Waals surface area contributed by atoms with E-state index >= 15 is 0 Å². The minimum absolute atomic E-state index is 0.00877. The number of hydrogen-bond donors (Lipinski definition) is 3. The maximum absolute atomic E-state index is 11.8. The lowest BCUT2D eigenvalue weighted by atomic mass is 9.58. The largest absolute Gasteiger partial charge is 0.504 e. The van der Waals surface area contributed by atoms with Gasteiger partial charge in [-0.15, -0.1) is 0 Å². The van der Waals surface area contributed by atoms with Gasteiger partial charge in [-0.3, -0.25) is 4.79 Å². The highest BCUT2D eigenvalue weighted by molar-refractivity contribution is 5.73. The summed E-state index contributed by atoms with van der Waals surface area (Å²) in [4.78, 5) is 11.8. The van der Waals surface area contributed by atoms with E-state index in [0.717, 1.165) is 44.1 Å². The molecule has 2 fully saturated rings. The molecule has 0 radical (unpaired) electrons. The Hall–Kier alpha value is -1.75. The molecule has 3 aliphatic rings. The second-order valence-corrected chi connectivity index (χ2v) is 9.23. The van der Waals surface area contributed by atoms with Crippen LogP contribution in [0.25, 0.3) is 0 Å². The number of carbonyl (C=O) groups excluding carboxylic acids is 1. The standard InChI is InChI=1S/C23H33NO4/c1-4-28-21-12-16-14-9-10-23(3)18(6-8-22(23)27)15(14)5-7-19(24-13(2)25)17(16)11-20(21)26/h11-12,14-15,18-19,22,26-27H,4-10H2,1-3H3,(H,24,25)/t14-,15+,18-,19?,22-,23-/m0/s1. The number of amides is 1. The zero-order valence-electron chi connectivity index (χ0n) is 17.2. The SMILES string of the molecule is CCOc1cc2c(cc1O)C(NC(C)=O)CC[C@@H]1[C@@H]2CC[C@]2(C)[C@@H](O)CC[C@@H]12. The number of aromatic hydroxyl groups is 1. The summed E-state index contributed by atoms with van der Waals surface area (Å²) in [6, 6.07) is 3.73. The van der Waals surface area contributed by atoms with Crippen molar-refractivity contribution < 1.29 is 19.7 Å². The van der Waals surface area contributed by atoms with E-state index < -0.39 is 0 Å². The monoisotopic (exact) mass is 387 g/mol. The van der Waals surface area contributed by atoms with Crippen LogP contribution in [0.5, 0.6) is 11.5 Å². The highest BCUT2D eigenvalue weighted by Gasteiger charge is 2.54. The van der Waals surface area contributed by atoms with Gasteiger partial charge in [0.05, 0.1) is 18.8 Å². The number of phenolic OH excluding ortho intramolecular Hbond substituents is 1. The number of ether oxygens (including phenoxy) is 1. The summed E-state index contributed by atoms with van der Waals surface area (Å²) in [7, 11) is 0. The second-order valence-electron chi connectivity index (χ2n) is 9.23. The van der Waals surface area contributed by atoms with Crippen molar-refractivity contribution in [2.75, 3.05) is 6.61 Å². The first-order valence-electron chi connectivity index (χ1n) is 10.8. The number of aliphatic hydroxyl groups excluding tert-OH is 1.